The van der Waals surface area contributed by atoms with Crippen molar-refractivity contribution in [3.05, 3.63) is 72.2 Å². The number of aryl methyl sites for hydroxylation is 1. The number of benzene rings is 1. The summed E-state index contributed by atoms with van der Waals surface area (Å²) in [7, 11) is 0. The third-order valence-corrected chi connectivity index (χ3v) is 3.50. The molecule has 0 spiro atoms. The Kier molecular flexibility index (Phi) is 4.38. The van der Waals surface area contributed by atoms with Gasteiger partial charge in [-0.2, -0.15) is 0 Å². The number of para-hydroxylation sites is 1. The van der Waals surface area contributed by atoms with Crippen LogP contribution in [0.5, 0.6) is 0 Å². The van der Waals surface area contributed by atoms with E-state index in [9.17, 15) is 4.79 Å². The van der Waals surface area contributed by atoms with Crippen molar-refractivity contribution in [2.45, 2.75) is 6.92 Å². The quantitative estimate of drug-likeness (QED) is 0.670. The Hall–Kier alpha value is -3.41. The van der Waals surface area contributed by atoms with Gasteiger partial charge in [-0.05, 0) is 36.8 Å². The number of nitrogens with two attached hydrogens (primary N) is 1. The molecule has 0 aliphatic heterocycles. The van der Waals surface area contributed by atoms with Crippen molar-refractivity contribution in [1.29, 1.82) is 0 Å². The van der Waals surface area contributed by atoms with Crippen LogP contribution in [0.1, 0.15) is 15.9 Å². The number of carbonyl (C=O) groups excluding carboxylic acids is 1. The van der Waals surface area contributed by atoms with Gasteiger partial charge >= 0.3 is 0 Å². The second-order valence-electron chi connectivity index (χ2n) is 5.29. The summed E-state index contributed by atoms with van der Waals surface area (Å²) >= 11 is 0. The lowest BCUT2D eigenvalue weighted by atomic mass is 10.1. The number of hydrogen-bond acceptors (Lipinski definition) is 5. The molecule has 4 N–H and O–H groups in total. The smallest absolute Gasteiger partial charge is 0.250 e. The molecule has 6 nitrogen and oxygen atoms in total. The van der Waals surface area contributed by atoms with E-state index in [2.05, 4.69) is 20.6 Å². The molecule has 0 unspecified atom stereocenters. The van der Waals surface area contributed by atoms with E-state index < -0.39 is 5.91 Å². The van der Waals surface area contributed by atoms with Crippen LogP contribution in [0.3, 0.4) is 0 Å². The van der Waals surface area contributed by atoms with Gasteiger partial charge in [-0.1, -0.05) is 12.1 Å². The molecule has 0 saturated heterocycles. The zero-order valence-electron chi connectivity index (χ0n) is 13.2. The van der Waals surface area contributed by atoms with Gasteiger partial charge in [0.25, 0.3) is 5.91 Å². The van der Waals surface area contributed by atoms with Gasteiger partial charge in [0.2, 0.25) is 0 Å². The average Bonchev–Trinajstić information content (AvgIpc) is 2.59. The van der Waals surface area contributed by atoms with Crippen LogP contribution in [0.25, 0.3) is 0 Å². The fourth-order valence-corrected chi connectivity index (χ4v) is 2.26. The zero-order chi connectivity index (χ0) is 16.9. The first-order chi connectivity index (χ1) is 11.6. The van der Waals surface area contributed by atoms with Crippen LogP contribution in [0.2, 0.25) is 0 Å². The molecular weight excluding hydrogens is 302 g/mol. The number of pyridine rings is 2. The minimum atomic E-state index is -0.474. The summed E-state index contributed by atoms with van der Waals surface area (Å²) in [5, 5.41) is 6.44. The molecule has 1 aromatic carbocycles. The second kappa shape index (κ2) is 6.78. The van der Waals surface area contributed by atoms with Gasteiger partial charge in [0.05, 0.1) is 23.1 Å². The summed E-state index contributed by atoms with van der Waals surface area (Å²) in [6.45, 7) is 1.94. The molecule has 0 atom stereocenters. The molecule has 1 amide bonds. The fraction of sp³-hybridized carbons (Fsp3) is 0.0556. The Bertz CT molecular complexity index is 864. The van der Waals surface area contributed by atoms with E-state index in [-0.39, 0.29) is 0 Å². The van der Waals surface area contributed by atoms with Gasteiger partial charge in [-0.3, -0.25) is 9.78 Å². The molecule has 0 aliphatic carbocycles. The van der Waals surface area contributed by atoms with Gasteiger partial charge < -0.3 is 16.4 Å². The fourth-order valence-electron chi connectivity index (χ4n) is 2.26. The van der Waals surface area contributed by atoms with Crippen LogP contribution in [0.4, 0.5) is 22.9 Å². The molecule has 2 aromatic heterocycles. The predicted octanol–water partition coefficient (Wildman–Crippen LogP) is 3.37. The zero-order valence-corrected chi connectivity index (χ0v) is 13.2. The third-order valence-electron chi connectivity index (χ3n) is 3.50. The van der Waals surface area contributed by atoms with E-state index >= 15 is 0 Å². The minimum absolute atomic E-state index is 0.440. The number of primary amides is 1. The number of anilines is 4. The molecule has 0 fully saturated rings. The lowest BCUT2D eigenvalue weighted by Crippen LogP contribution is -2.13. The van der Waals surface area contributed by atoms with Crippen molar-refractivity contribution < 1.29 is 4.79 Å². The highest BCUT2D eigenvalue weighted by Crippen LogP contribution is 2.26. The second-order valence-corrected chi connectivity index (χ2v) is 5.29. The maximum atomic E-state index is 11.6. The summed E-state index contributed by atoms with van der Waals surface area (Å²) in [5.41, 5.74) is 9.16. The lowest BCUT2D eigenvalue weighted by molar-refractivity contribution is 0.100. The van der Waals surface area contributed by atoms with E-state index in [1.54, 1.807) is 30.7 Å². The largest absolute Gasteiger partial charge is 0.366 e. The van der Waals surface area contributed by atoms with Crippen LogP contribution >= 0.6 is 0 Å². The van der Waals surface area contributed by atoms with E-state index in [1.165, 1.54) is 0 Å². The Balaban J connectivity index is 1.89. The molecule has 6 heteroatoms. The van der Waals surface area contributed by atoms with Gasteiger partial charge in [0.1, 0.15) is 5.82 Å². The number of nitrogens with one attached hydrogen (secondary N) is 2. The first-order valence-corrected chi connectivity index (χ1v) is 7.43. The molecule has 120 valence electrons. The Morgan fingerprint density at radius 1 is 1.04 bits per heavy atom. The van der Waals surface area contributed by atoms with Crippen molar-refractivity contribution in [3.63, 3.8) is 0 Å². The summed E-state index contributed by atoms with van der Waals surface area (Å²) in [6.07, 6.45) is 5.19. The van der Waals surface area contributed by atoms with Gasteiger partial charge in [-0.15, -0.1) is 0 Å². The average molecular weight is 319 g/mol. The Labute approximate surface area is 139 Å². The number of amides is 1. The first kappa shape index (κ1) is 15.5. The number of carbonyl (C=O) groups is 1. The molecule has 0 radical (unpaired) electrons. The van der Waals surface area contributed by atoms with Crippen molar-refractivity contribution in [2.24, 2.45) is 5.73 Å². The SMILES string of the molecule is Cc1cnc(Nc2cccnc2)cc1Nc1ccccc1C(N)=O. The van der Waals surface area contributed by atoms with Gasteiger partial charge in [0.15, 0.2) is 0 Å². The highest BCUT2D eigenvalue weighted by molar-refractivity contribution is 5.99. The standard InChI is InChI=1S/C18H17N5O/c1-12-10-21-17(22-13-5-4-8-20-11-13)9-16(12)23-15-7-3-2-6-14(15)18(19)24/h2-11H,1H3,(H2,19,24)(H2,21,22,23). The minimum Gasteiger partial charge on any atom is -0.366 e. The third kappa shape index (κ3) is 3.49. The molecule has 3 rings (SSSR count). The van der Waals surface area contributed by atoms with Crippen molar-refractivity contribution in [2.75, 3.05) is 10.6 Å². The lowest BCUT2D eigenvalue weighted by Gasteiger charge is -2.14. The molecule has 0 saturated carbocycles. The number of hydrogen-bond donors (Lipinski definition) is 3. The van der Waals surface area contributed by atoms with Crippen molar-refractivity contribution in [1.82, 2.24) is 9.97 Å². The highest BCUT2D eigenvalue weighted by Gasteiger charge is 2.09. The Morgan fingerprint density at radius 3 is 2.62 bits per heavy atom. The van der Waals surface area contributed by atoms with Crippen LogP contribution in [-0.2, 0) is 0 Å². The van der Waals surface area contributed by atoms with E-state index in [0.29, 0.717) is 17.1 Å². The summed E-state index contributed by atoms with van der Waals surface area (Å²) in [6, 6.07) is 12.8. The van der Waals surface area contributed by atoms with Gasteiger partial charge in [-0.25, -0.2) is 4.98 Å². The van der Waals surface area contributed by atoms with Crippen LogP contribution in [-0.4, -0.2) is 15.9 Å². The number of nitrogens with zero attached hydrogens (tertiary/aromatic N) is 2. The monoisotopic (exact) mass is 319 g/mol. The van der Waals surface area contributed by atoms with Gasteiger partial charge in [0, 0.05) is 24.1 Å². The maximum absolute atomic E-state index is 11.6. The topological polar surface area (TPSA) is 92.9 Å². The van der Waals surface area contributed by atoms with Crippen LogP contribution in [0, 0.1) is 6.92 Å². The first-order valence-electron chi connectivity index (χ1n) is 7.43. The normalized spacial score (nSPS) is 10.2. The van der Waals surface area contributed by atoms with Crippen LogP contribution in [0.15, 0.2) is 61.1 Å². The molecular formula is C18H17N5O. The summed E-state index contributed by atoms with van der Waals surface area (Å²) in [5.74, 6) is 0.200. The summed E-state index contributed by atoms with van der Waals surface area (Å²) < 4.78 is 0. The van der Waals surface area contributed by atoms with Crippen LogP contribution < -0.4 is 16.4 Å². The highest BCUT2D eigenvalue weighted by atomic mass is 16.1. The number of rotatable bonds is 5. The molecule has 0 aliphatic rings. The van der Waals surface area contributed by atoms with E-state index in [0.717, 1.165) is 16.9 Å². The van der Waals surface area contributed by atoms with Crippen molar-refractivity contribution >= 4 is 28.8 Å². The van der Waals surface area contributed by atoms with E-state index in [4.69, 9.17) is 5.73 Å². The Morgan fingerprint density at radius 2 is 1.88 bits per heavy atom. The number of aromatic nitrogens is 2. The summed E-state index contributed by atoms with van der Waals surface area (Å²) in [4.78, 5) is 20.0. The molecule has 2 heterocycles. The predicted molar refractivity (Wildman–Crippen MR) is 94.7 cm³/mol. The van der Waals surface area contributed by atoms with Crippen molar-refractivity contribution in [3.8, 4) is 0 Å². The molecule has 24 heavy (non-hydrogen) atoms. The maximum Gasteiger partial charge on any atom is 0.250 e. The molecule has 3 aromatic rings. The van der Waals surface area contributed by atoms with E-state index in [1.807, 2.05) is 37.3 Å². The molecule has 0 bridgehead atoms.